The molecular weight excluding hydrogens is 324 g/mol. The van der Waals surface area contributed by atoms with Crippen molar-refractivity contribution in [2.24, 2.45) is 0 Å². The molecular formula is C18H18N2O3S. The number of ether oxygens (including phenoxy) is 1. The Morgan fingerprint density at radius 3 is 2.25 bits per heavy atom. The van der Waals surface area contributed by atoms with Crippen molar-refractivity contribution in [3.63, 3.8) is 0 Å². The van der Waals surface area contributed by atoms with Crippen LogP contribution in [0, 0.1) is 6.92 Å². The van der Waals surface area contributed by atoms with Crippen LogP contribution in [0.5, 0.6) is 5.75 Å². The van der Waals surface area contributed by atoms with Crippen LogP contribution in [0.15, 0.2) is 71.9 Å². The van der Waals surface area contributed by atoms with Gasteiger partial charge in [-0.15, -0.1) is 0 Å². The summed E-state index contributed by atoms with van der Waals surface area (Å²) in [6, 6.07) is 16.0. The lowest BCUT2D eigenvalue weighted by molar-refractivity contribution is 0.414. The van der Waals surface area contributed by atoms with Gasteiger partial charge in [0.25, 0.3) is 10.0 Å². The molecule has 0 unspecified atom stereocenters. The summed E-state index contributed by atoms with van der Waals surface area (Å²) in [5.41, 5.74) is 2.11. The molecule has 6 heteroatoms. The first-order valence-corrected chi connectivity index (χ1v) is 8.89. The number of hydrogen-bond acceptors (Lipinski definition) is 3. The molecule has 5 nitrogen and oxygen atoms in total. The fraction of sp³-hybridized carbons (Fsp3) is 0.111. The van der Waals surface area contributed by atoms with E-state index in [0.29, 0.717) is 17.0 Å². The van der Waals surface area contributed by atoms with E-state index in [9.17, 15) is 8.42 Å². The Kier molecular flexibility index (Phi) is 4.31. The number of nitrogens with zero attached hydrogens (tertiary/aromatic N) is 1. The topological polar surface area (TPSA) is 60.3 Å². The van der Waals surface area contributed by atoms with Crippen molar-refractivity contribution in [1.29, 1.82) is 0 Å². The van der Waals surface area contributed by atoms with Crippen LogP contribution >= 0.6 is 0 Å². The third-order valence-electron chi connectivity index (χ3n) is 3.69. The normalized spacial score (nSPS) is 11.2. The molecule has 0 amide bonds. The van der Waals surface area contributed by atoms with Gasteiger partial charge in [0, 0.05) is 23.8 Å². The van der Waals surface area contributed by atoms with Crippen molar-refractivity contribution in [3.05, 3.63) is 72.6 Å². The van der Waals surface area contributed by atoms with Crippen LogP contribution < -0.4 is 9.46 Å². The van der Waals surface area contributed by atoms with E-state index >= 15 is 0 Å². The van der Waals surface area contributed by atoms with Gasteiger partial charge in [0.1, 0.15) is 5.75 Å². The molecule has 0 spiro atoms. The molecule has 0 atom stereocenters. The summed E-state index contributed by atoms with van der Waals surface area (Å²) in [5, 5.41) is 0. The van der Waals surface area contributed by atoms with Gasteiger partial charge in [-0.1, -0.05) is 0 Å². The van der Waals surface area contributed by atoms with E-state index in [2.05, 4.69) is 4.72 Å². The van der Waals surface area contributed by atoms with E-state index in [4.69, 9.17) is 4.74 Å². The summed E-state index contributed by atoms with van der Waals surface area (Å²) in [6.07, 6.45) is 3.86. The molecule has 0 radical (unpaired) electrons. The zero-order chi connectivity index (χ0) is 17.2. The number of aromatic nitrogens is 1. The van der Waals surface area contributed by atoms with Crippen molar-refractivity contribution >= 4 is 15.7 Å². The summed E-state index contributed by atoms with van der Waals surface area (Å²) in [6.45, 7) is 1.74. The summed E-state index contributed by atoms with van der Waals surface area (Å²) in [7, 11) is -2.10. The predicted molar refractivity (Wildman–Crippen MR) is 94.3 cm³/mol. The molecule has 2 aromatic carbocycles. The number of anilines is 1. The van der Waals surface area contributed by atoms with E-state index < -0.39 is 10.0 Å². The highest BCUT2D eigenvalue weighted by atomic mass is 32.2. The summed E-state index contributed by atoms with van der Waals surface area (Å²) < 4.78 is 34.8. The standard InChI is InChI=1S/C18H18N2O3S/c1-14-13-17(23-2)9-10-18(14)24(21,22)19-15-5-7-16(8-6-15)20-11-3-4-12-20/h3-13,19H,1-2H3. The minimum atomic E-state index is -3.65. The maximum absolute atomic E-state index is 12.6. The van der Waals surface area contributed by atoms with Crippen molar-refractivity contribution in [3.8, 4) is 11.4 Å². The fourth-order valence-electron chi connectivity index (χ4n) is 2.47. The predicted octanol–water partition coefficient (Wildman–Crippen LogP) is 3.60. The number of nitrogens with one attached hydrogen (secondary N) is 1. The molecule has 0 fully saturated rings. The minimum absolute atomic E-state index is 0.234. The largest absolute Gasteiger partial charge is 0.497 e. The van der Waals surface area contributed by atoms with Crippen molar-refractivity contribution in [2.75, 3.05) is 11.8 Å². The molecule has 1 N–H and O–H groups in total. The summed E-state index contributed by atoms with van der Waals surface area (Å²) >= 11 is 0. The first kappa shape index (κ1) is 16.1. The van der Waals surface area contributed by atoms with Gasteiger partial charge in [0.2, 0.25) is 0 Å². The number of rotatable bonds is 5. The highest BCUT2D eigenvalue weighted by Crippen LogP contribution is 2.23. The molecule has 0 aliphatic carbocycles. The molecule has 1 aromatic heterocycles. The van der Waals surface area contributed by atoms with Crippen LogP contribution in [0.3, 0.4) is 0 Å². The molecule has 0 saturated heterocycles. The number of benzene rings is 2. The number of hydrogen-bond donors (Lipinski definition) is 1. The Balaban J connectivity index is 1.84. The Morgan fingerprint density at radius 1 is 1.00 bits per heavy atom. The maximum Gasteiger partial charge on any atom is 0.262 e. The molecule has 0 bridgehead atoms. The molecule has 24 heavy (non-hydrogen) atoms. The molecule has 124 valence electrons. The van der Waals surface area contributed by atoms with Gasteiger partial charge in [-0.25, -0.2) is 8.42 Å². The molecule has 0 aliphatic heterocycles. The second-order valence-corrected chi connectivity index (χ2v) is 7.02. The molecule has 0 aliphatic rings. The zero-order valence-corrected chi connectivity index (χ0v) is 14.2. The lowest BCUT2D eigenvalue weighted by atomic mass is 10.2. The van der Waals surface area contributed by atoms with Gasteiger partial charge in [-0.05, 0) is 67.1 Å². The second kappa shape index (κ2) is 6.41. The van der Waals surface area contributed by atoms with E-state index in [1.165, 1.54) is 0 Å². The third-order valence-corrected chi connectivity index (χ3v) is 5.24. The average molecular weight is 342 g/mol. The zero-order valence-electron chi connectivity index (χ0n) is 13.4. The van der Waals surface area contributed by atoms with Crippen LogP contribution in [-0.4, -0.2) is 20.1 Å². The van der Waals surface area contributed by atoms with Gasteiger partial charge >= 0.3 is 0 Å². The Morgan fingerprint density at radius 2 is 1.67 bits per heavy atom. The SMILES string of the molecule is COc1ccc(S(=O)(=O)Nc2ccc(-n3cccc3)cc2)c(C)c1. The van der Waals surface area contributed by atoms with E-state index in [1.54, 1.807) is 44.4 Å². The first-order chi connectivity index (χ1) is 11.5. The van der Waals surface area contributed by atoms with Crippen LogP contribution in [-0.2, 0) is 10.0 Å². The Hall–Kier alpha value is -2.73. The Labute approximate surface area is 141 Å². The molecule has 1 heterocycles. The lowest BCUT2D eigenvalue weighted by Crippen LogP contribution is -2.14. The minimum Gasteiger partial charge on any atom is -0.497 e. The summed E-state index contributed by atoms with van der Waals surface area (Å²) in [4.78, 5) is 0.234. The fourth-order valence-corrected chi connectivity index (χ4v) is 3.76. The van der Waals surface area contributed by atoms with Crippen LogP contribution in [0.25, 0.3) is 5.69 Å². The van der Waals surface area contributed by atoms with Crippen LogP contribution in [0.2, 0.25) is 0 Å². The van der Waals surface area contributed by atoms with Crippen LogP contribution in [0.1, 0.15) is 5.56 Å². The number of methoxy groups -OCH3 is 1. The van der Waals surface area contributed by atoms with E-state index in [-0.39, 0.29) is 4.90 Å². The van der Waals surface area contributed by atoms with Crippen molar-refractivity contribution in [2.45, 2.75) is 11.8 Å². The highest BCUT2D eigenvalue weighted by Gasteiger charge is 2.17. The van der Waals surface area contributed by atoms with Gasteiger partial charge < -0.3 is 9.30 Å². The van der Waals surface area contributed by atoms with Gasteiger partial charge in [0.15, 0.2) is 0 Å². The van der Waals surface area contributed by atoms with Gasteiger partial charge in [-0.2, -0.15) is 0 Å². The highest BCUT2D eigenvalue weighted by molar-refractivity contribution is 7.92. The van der Waals surface area contributed by atoms with Crippen molar-refractivity contribution < 1.29 is 13.2 Å². The van der Waals surface area contributed by atoms with Crippen molar-refractivity contribution in [1.82, 2.24) is 4.57 Å². The maximum atomic E-state index is 12.6. The van der Waals surface area contributed by atoms with E-state index in [0.717, 1.165) is 5.69 Å². The second-order valence-electron chi connectivity index (χ2n) is 5.37. The summed E-state index contributed by atoms with van der Waals surface area (Å²) in [5.74, 6) is 0.627. The third kappa shape index (κ3) is 3.28. The monoisotopic (exact) mass is 342 g/mol. The molecule has 3 aromatic rings. The quantitative estimate of drug-likeness (QED) is 0.771. The lowest BCUT2D eigenvalue weighted by Gasteiger charge is -2.12. The van der Waals surface area contributed by atoms with E-state index in [1.807, 2.05) is 41.2 Å². The van der Waals surface area contributed by atoms with Gasteiger partial charge in [-0.3, -0.25) is 4.72 Å². The molecule has 0 saturated carbocycles. The van der Waals surface area contributed by atoms with Gasteiger partial charge in [0.05, 0.1) is 12.0 Å². The number of aryl methyl sites for hydroxylation is 1. The molecule has 3 rings (SSSR count). The Bertz CT molecular complexity index is 931. The first-order valence-electron chi connectivity index (χ1n) is 7.40. The number of sulfonamides is 1. The van der Waals surface area contributed by atoms with Crippen LogP contribution in [0.4, 0.5) is 5.69 Å². The smallest absolute Gasteiger partial charge is 0.262 e. The average Bonchev–Trinajstić information content (AvgIpc) is 3.09.